The summed E-state index contributed by atoms with van der Waals surface area (Å²) < 4.78 is 13.2. The van der Waals surface area contributed by atoms with Crippen molar-refractivity contribution < 1.29 is 14.0 Å². The predicted octanol–water partition coefficient (Wildman–Crippen LogP) is 2.42. The van der Waals surface area contributed by atoms with Gasteiger partial charge in [0.25, 0.3) is 5.91 Å². The zero-order valence-corrected chi connectivity index (χ0v) is 13.8. The van der Waals surface area contributed by atoms with Crippen LogP contribution in [0.1, 0.15) is 24.1 Å². The number of nitrogens with one attached hydrogen (secondary N) is 1. The number of aromatic nitrogens is 1. The number of thiazole rings is 1. The second-order valence-electron chi connectivity index (χ2n) is 5.37. The molecule has 0 saturated carbocycles. The number of rotatable bonds is 4. The van der Waals surface area contributed by atoms with Crippen LogP contribution >= 0.6 is 11.3 Å². The largest absolute Gasteiger partial charge is 0.297 e. The number of benzene rings is 1. The van der Waals surface area contributed by atoms with Crippen LogP contribution in [0.2, 0.25) is 0 Å². The van der Waals surface area contributed by atoms with Crippen molar-refractivity contribution in [3.8, 4) is 0 Å². The van der Waals surface area contributed by atoms with E-state index < -0.39 is 0 Å². The van der Waals surface area contributed by atoms with E-state index in [2.05, 4.69) is 15.4 Å². The van der Waals surface area contributed by atoms with Gasteiger partial charge in [0.1, 0.15) is 11.5 Å². The highest BCUT2D eigenvalue weighted by Crippen LogP contribution is 2.19. The Morgan fingerprint density at radius 2 is 2.25 bits per heavy atom. The summed E-state index contributed by atoms with van der Waals surface area (Å²) in [6.45, 7) is 0. The van der Waals surface area contributed by atoms with E-state index in [1.807, 2.05) is 11.4 Å². The summed E-state index contributed by atoms with van der Waals surface area (Å²) in [5.74, 6) is -0.760. The minimum Gasteiger partial charge on any atom is -0.297 e. The molecule has 0 bridgehead atoms. The van der Waals surface area contributed by atoms with Gasteiger partial charge in [-0.1, -0.05) is 12.1 Å². The summed E-state index contributed by atoms with van der Waals surface area (Å²) in [6, 6.07) is 6.33. The molecule has 0 spiro atoms. The molecule has 1 aromatic carbocycles. The lowest BCUT2D eigenvalue weighted by molar-refractivity contribution is -0.130. The Bertz CT molecular complexity index is 818. The lowest BCUT2D eigenvalue weighted by Crippen LogP contribution is -2.34. The molecule has 0 unspecified atom stereocenters. The first kappa shape index (κ1) is 16.3. The van der Waals surface area contributed by atoms with Crippen molar-refractivity contribution >= 4 is 34.0 Å². The summed E-state index contributed by atoms with van der Waals surface area (Å²) in [5.41, 5.74) is 1.87. The molecule has 8 heteroatoms. The number of hydrazone groups is 1. The summed E-state index contributed by atoms with van der Waals surface area (Å²) in [5, 5.41) is 10.1. The van der Waals surface area contributed by atoms with Crippen LogP contribution < -0.4 is 5.32 Å². The fourth-order valence-electron chi connectivity index (χ4n) is 2.30. The summed E-state index contributed by atoms with van der Waals surface area (Å²) in [6.07, 6.45) is 1.07. The molecular weight excluding hydrogens is 331 g/mol. The Morgan fingerprint density at radius 3 is 3.00 bits per heavy atom. The first-order valence-electron chi connectivity index (χ1n) is 7.35. The fraction of sp³-hybridized carbons (Fsp3) is 0.250. The van der Waals surface area contributed by atoms with E-state index in [9.17, 15) is 14.0 Å². The number of carbonyl (C=O) groups is 2. The molecular formula is C16H15FN4O2S. The lowest BCUT2D eigenvalue weighted by Gasteiger charge is -2.18. The van der Waals surface area contributed by atoms with Crippen LogP contribution in [0.15, 0.2) is 34.7 Å². The second-order valence-corrected chi connectivity index (χ2v) is 6.23. The van der Waals surface area contributed by atoms with Crippen molar-refractivity contribution in [2.45, 2.75) is 19.3 Å². The van der Waals surface area contributed by atoms with Crippen LogP contribution in [-0.4, -0.2) is 34.6 Å². The standard InChI is InChI=1S/C16H15FN4O2S/c1-21-14(22)6-5-13(20-21)15(23)19-16-18-12(9-24-16)8-10-3-2-4-11(17)7-10/h2-4,7,9H,5-6,8H2,1H3,(H,18,19,23). The number of halogens is 1. The van der Waals surface area contributed by atoms with Gasteiger partial charge in [0.15, 0.2) is 5.13 Å². The van der Waals surface area contributed by atoms with Gasteiger partial charge in [0, 0.05) is 31.7 Å². The number of hydrogen-bond acceptors (Lipinski definition) is 5. The second kappa shape index (κ2) is 6.88. The van der Waals surface area contributed by atoms with Gasteiger partial charge >= 0.3 is 0 Å². The van der Waals surface area contributed by atoms with Crippen molar-refractivity contribution in [1.29, 1.82) is 0 Å². The summed E-state index contributed by atoms with van der Waals surface area (Å²) in [7, 11) is 1.52. The molecule has 1 N–H and O–H groups in total. The molecule has 3 rings (SSSR count). The highest BCUT2D eigenvalue weighted by atomic mass is 32.1. The maximum absolute atomic E-state index is 13.2. The number of carbonyl (C=O) groups excluding carboxylic acids is 2. The molecule has 6 nitrogen and oxygen atoms in total. The number of nitrogens with zero attached hydrogens (tertiary/aromatic N) is 3. The smallest absolute Gasteiger partial charge is 0.273 e. The number of hydrogen-bond donors (Lipinski definition) is 1. The molecule has 2 heterocycles. The normalized spacial score (nSPS) is 14.5. The zero-order valence-electron chi connectivity index (χ0n) is 13.0. The quantitative estimate of drug-likeness (QED) is 0.924. The molecule has 0 aliphatic carbocycles. The van der Waals surface area contributed by atoms with E-state index in [1.54, 1.807) is 6.07 Å². The average molecular weight is 346 g/mol. The first-order chi connectivity index (χ1) is 11.5. The van der Waals surface area contributed by atoms with Crippen LogP contribution in [-0.2, 0) is 16.0 Å². The summed E-state index contributed by atoms with van der Waals surface area (Å²) in [4.78, 5) is 27.9. The van der Waals surface area contributed by atoms with Crippen molar-refractivity contribution in [3.63, 3.8) is 0 Å². The Labute approximate surface area is 142 Å². The molecule has 24 heavy (non-hydrogen) atoms. The van der Waals surface area contributed by atoms with Crippen LogP contribution in [0.5, 0.6) is 0 Å². The predicted molar refractivity (Wildman–Crippen MR) is 89.4 cm³/mol. The molecule has 1 aliphatic rings. The number of amides is 2. The van der Waals surface area contributed by atoms with Gasteiger partial charge < -0.3 is 0 Å². The highest BCUT2D eigenvalue weighted by Gasteiger charge is 2.22. The Balaban J connectivity index is 1.65. The van der Waals surface area contributed by atoms with E-state index in [4.69, 9.17) is 0 Å². The SMILES string of the molecule is CN1N=C(C(=O)Nc2nc(Cc3cccc(F)c3)cs2)CCC1=O. The van der Waals surface area contributed by atoms with Crippen LogP contribution in [0.3, 0.4) is 0 Å². The molecule has 0 radical (unpaired) electrons. The maximum atomic E-state index is 13.2. The molecule has 0 atom stereocenters. The summed E-state index contributed by atoms with van der Waals surface area (Å²) >= 11 is 1.29. The molecule has 2 aromatic rings. The molecule has 0 saturated heterocycles. The Hall–Kier alpha value is -2.61. The first-order valence-corrected chi connectivity index (χ1v) is 8.23. The van der Waals surface area contributed by atoms with Crippen LogP contribution in [0.4, 0.5) is 9.52 Å². The third-order valence-electron chi connectivity index (χ3n) is 3.52. The van der Waals surface area contributed by atoms with Crippen molar-refractivity contribution in [2.75, 3.05) is 12.4 Å². The van der Waals surface area contributed by atoms with Gasteiger partial charge in [0.2, 0.25) is 5.91 Å². The van der Waals surface area contributed by atoms with Gasteiger partial charge in [0.05, 0.1) is 5.69 Å². The minimum atomic E-state index is -0.360. The zero-order chi connectivity index (χ0) is 17.1. The molecule has 1 aromatic heterocycles. The minimum absolute atomic E-state index is 0.113. The van der Waals surface area contributed by atoms with Gasteiger partial charge in [-0.25, -0.2) is 14.4 Å². The third-order valence-corrected chi connectivity index (χ3v) is 4.32. The molecule has 1 aliphatic heterocycles. The van der Waals surface area contributed by atoms with E-state index in [0.717, 1.165) is 11.3 Å². The fourth-order valence-corrected chi connectivity index (χ4v) is 3.01. The van der Waals surface area contributed by atoms with E-state index in [0.29, 0.717) is 23.7 Å². The van der Waals surface area contributed by atoms with Gasteiger partial charge in [-0.05, 0) is 17.7 Å². The highest BCUT2D eigenvalue weighted by molar-refractivity contribution is 7.14. The monoisotopic (exact) mass is 346 g/mol. The molecule has 124 valence electrons. The third kappa shape index (κ3) is 3.83. The van der Waals surface area contributed by atoms with Crippen molar-refractivity contribution in [3.05, 3.63) is 46.7 Å². The van der Waals surface area contributed by atoms with Crippen molar-refractivity contribution in [2.24, 2.45) is 5.10 Å². The average Bonchev–Trinajstić information content (AvgIpc) is 2.97. The van der Waals surface area contributed by atoms with Crippen LogP contribution in [0.25, 0.3) is 0 Å². The van der Waals surface area contributed by atoms with E-state index in [-0.39, 0.29) is 24.1 Å². The Kier molecular flexibility index (Phi) is 4.66. The van der Waals surface area contributed by atoms with Crippen molar-refractivity contribution in [1.82, 2.24) is 9.99 Å². The van der Waals surface area contributed by atoms with E-state index in [1.165, 1.54) is 35.5 Å². The number of anilines is 1. The van der Waals surface area contributed by atoms with Crippen LogP contribution in [0, 0.1) is 5.82 Å². The lowest BCUT2D eigenvalue weighted by atomic mass is 10.1. The van der Waals surface area contributed by atoms with Gasteiger partial charge in [-0.3, -0.25) is 14.9 Å². The Morgan fingerprint density at radius 1 is 1.42 bits per heavy atom. The maximum Gasteiger partial charge on any atom is 0.273 e. The van der Waals surface area contributed by atoms with Gasteiger partial charge in [-0.2, -0.15) is 5.10 Å². The van der Waals surface area contributed by atoms with E-state index >= 15 is 0 Å². The molecule has 0 fully saturated rings. The van der Waals surface area contributed by atoms with Gasteiger partial charge in [-0.15, -0.1) is 11.3 Å². The molecule has 2 amide bonds. The topological polar surface area (TPSA) is 74.7 Å².